The summed E-state index contributed by atoms with van der Waals surface area (Å²) in [7, 11) is 0. The van der Waals surface area contributed by atoms with Crippen LogP contribution in [0.15, 0.2) is 24.3 Å². The summed E-state index contributed by atoms with van der Waals surface area (Å²) in [5, 5.41) is 8.90. The summed E-state index contributed by atoms with van der Waals surface area (Å²) in [6, 6.07) is 10.9. The molecule has 2 heteroatoms. The van der Waals surface area contributed by atoms with Crippen molar-refractivity contribution in [1.82, 2.24) is 0 Å². The summed E-state index contributed by atoms with van der Waals surface area (Å²) in [4.78, 5) is 0. The highest BCUT2D eigenvalue weighted by Crippen LogP contribution is 2.35. The zero-order valence-electron chi connectivity index (χ0n) is 11.1. The first kappa shape index (κ1) is 13.0. The Labute approximate surface area is 110 Å². The minimum absolute atomic E-state index is 0.286. The van der Waals surface area contributed by atoms with Crippen LogP contribution in [0, 0.1) is 17.2 Å². The first-order valence-corrected chi connectivity index (χ1v) is 6.96. The number of nitrogens with zero attached hydrogens (tertiary/aromatic N) is 1. The van der Waals surface area contributed by atoms with E-state index in [1.165, 1.54) is 5.56 Å². The van der Waals surface area contributed by atoms with Crippen LogP contribution in [-0.4, -0.2) is 6.61 Å². The summed E-state index contributed by atoms with van der Waals surface area (Å²) in [5.41, 5.74) is 1.40. The molecule has 1 saturated carbocycles. The maximum atomic E-state index is 8.90. The molecular formula is C16H21NO. The number of rotatable bonds is 4. The Morgan fingerprint density at radius 2 is 1.83 bits per heavy atom. The van der Waals surface area contributed by atoms with Crippen molar-refractivity contribution in [3.8, 4) is 11.8 Å². The molecule has 0 aromatic heterocycles. The maximum absolute atomic E-state index is 8.90. The zero-order valence-corrected chi connectivity index (χ0v) is 11.1. The molecule has 1 fully saturated rings. The second-order valence-electron chi connectivity index (χ2n) is 5.10. The number of benzene rings is 1. The summed E-state index contributed by atoms with van der Waals surface area (Å²) in [5.74, 6) is 1.88. The van der Waals surface area contributed by atoms with Gasteiger partial charge in [-0.3, -0.25) is 0 Å². The molecule has 0 atom stereocenters. The quantitative estimate of drug-likeness (QED) is 0.791. The van der Waals surface area contributed by atoms with Crippen LogP contribution in [0.3, 0.4) is 0 Å². The molecule has 1 aliphatic carbocycles. The van der Waals surface area contributed by atoms with E-state index >= 15 is 0 Å². The number of ether oxygens (including phenoxy) is 1. The van der Waals surface area contributed by atoms with Crippen LogP contribution in [-0.2, 0) is 0 Å². The van der Waals surface area contributed by atoms with Gasteiger partial charge >= 0.3 is 0 Å². The van der Waals surface area contributed by atoms with E-state index in [1.54, 1.807) is 0 Å². The van der Waals surface area contributed by atoms with Crippen molar-refractivity contribution in [1.29, 1.82) is 5.26 Å². The van der Waals surface area contributed by atoms with Gasteiger partial charge in [0.25, 0.3) is 0 Å². The molecule has 96 valence electrons. The summed E-state index contributed by atoms with van der Waals surface area (Å²) in [6.45, 7) is 2.90. The van der Waals surface area contributed by atoms with Gasteiger partial charge in [0.2, 0.25) is 0 Å². The van der Waals surface area contributed by atoms with E-state index in [2.05, 4.69) is 37.3 Å². The molecule has 2 nitrogen and oxygen atoms in total. The number of nitriles is 1. The fraction of sp³-hybridized carbons (Fsp3) is 0.562. The van der Waals surface area contributed by atoms with Crippen LogP contribution in [0.2, 0.25) is 0 Å². The highest BCUT2D eigenvalue weighted by Gasteiger charge is 2.21. The molecule has 1 aliphatic rings. The van der Waals surface area contributed by atoms with E-state index in [1.807, 2.05) is 0 Å². The highest BCUT2D eigenvalue weighted by atomic mass is 16.5. The molecule has 0 N–H and O–H groups in total. The average Bonchev–Trinajstić information content (AvgIpc) is 2.46. The largest absolute Gasteiger partial charge is 0.494 e. The van der Waals surface area contributed by atoms with Crippen LogP contribution in [0.25, 0.3) is 0 Å². The minimum atomic E-state index is 0.286. The van der Waals surface area contributed by atoms with Crippen molar-refractivity contribution in [2.75, 3.05) is 6.61 Å². The van der Waals surface area contributed by atoms with E-state index in [4.69, 9.17) is 10.00 Å². The Bertz CT molecular complexity index is 396. The third-order valence-corrected chi connectivity index (χ3v) is 3.73. The average molecular weight is 243 g/mol. The lowest BCUT2D eigenvalue weighted by atomic mass is 9.79. The molecule has 0 radical (unpaired) electrons. The molecule has 0 spiro atoms. The van der Waals surface area contributed by atoms with Gasteiger partial charge in [-0.1, -0.05) is 19.1 Å². The highest BCUT2D eigenvalue weighted by molar-refractivity contribution is 5.29. The van der Waals surface area contributed by atoms with Gasteiger partial charge < -0.3 is 4.74 Å². The molecule has 1 aromatic rings. The summed E-state index contributed by atoms with van der Waals surface area (Å²) < 4.78 is 5.59. The standard InChI is InChI=1S/C16H21NO/c1-2-11-18-16-9-7-15(8-10-16)14-5-3-13(12-17)4-6-14/h7-10,13-14H,2-6,11H2,1H3. The molecule has 2 rings (SSSR count). The third-order valence-electron chi connectivity index (χ3n) is 3.73. The van der Waals surface area contributed by atoms with Crippen molar-refractivity contribution in [3.05, 3.63) is 29.8 Å². The monoisotopic (exact) mass is 243 g/mol. The van der Waals surface area contributed by atoms with E-state index in [0.29, 0.717) is 5.92 Å². The molecule has 0 bridgehead atoms. The zero-order chi connectivity index (χ0) is 12.8. The predicted molar refractivity (Wildman–Crippen MR) is 72.5 cm³/mol. The van der Waals surface area contributed by atoms with Gasteiger partial charge in [-0.2, -0.15) is 5.26 Å². The lowest BCUT2D eigenvalue weighted by Gasteiger charge is -2.25. The lowest BCUT2D eigenvalue weighted by Crippen LogP contribution is -2.11. The smallest absolute Gasteiger partial charge is 0.119 e. The summed E-state index contributed by atoms with van der Waals surface area (Å²) in [6.07, 6.45) is 5.44. The van der Waals surface area contributed by atoms with Crippen LogP contribution < -0.4 is 4.74 Å². The fourth-order valence-electron chi connectivity index (χ4n) is 2.61. The second kappa shape index (κ2) is 6.44. The lowest BCUT2D eigenvalue weighted by molar-refractivity contribution is 0.317. The van der Waals surface area contributed by atoms with Crippen LogP contribution >= 0.6 is 0 Å². The Morgan fingerprint density at radius 1 is 1.17 bits per heavy atom. The molecule has 0 unspecified atom stereocenters. The Balaban J connectivity index is 1.92. The SMILES string of the molecule is CCCOc1ccc(C2CCC(C#N)CC2)cc1. The minimum Gasteiger partial charge on any atom is -0.494 e. The van der Waals surface area contributed by atoms with Gasteiger partial charge in [-0.15, -0.1) is 0 Å². The van der Waals surface area contributed by atoms with Crippen molar-refractivity contribution >= 4 is 0 Å². The molecule has 0 aliphatic heterocycles. The first-order valence-electron chi connectivity index (χ1n) is 6.96. The van der Waals surface area contributed by atoms with E-state index in [-0.39, 0.29) is 5.92 Å². The van der Waals surface area contributed by atoms with Crippen molar-refractivity contribution in [2.24, 2.45) is 5.92 Å². The van der Waals surface area contributed by atoms with Crippen LogP contribution in [0.4, 0.5) is 0 Å². The Morgan fingerprint density at radius 3 is 2.39 bits per heavy atom. The van der Waals surface area contributed by atoms with Gasteiger partial charge in [0.1, 0.15) is 5.75 Å². The first-order chi connectivity index (χ1) is 8.83. The van der Waals surface area contributed by atoms with Crippen LogP contribution in [0.1, 0.15) is 50.5 Å². The third kappa shape index (κ3) is 3.26. The second-order valence-corrected chi connectivity index (χ2v) is 5.10. The fourth-order valence-corrected chi connectivity index (χ4v) is 2.61. The molecule has 0 amide bonds. The molecular weight excluding hydrogens is 222 g/mol. The van der Waals surface area contributed by atoms with Crippen molar-refractivity contribution in [3.63, 3.8) is 0 Å². The maximum Gasteiger partial charge on any atom is 0.119 e. The van der Waals surface area contributed by atoms with Gasteiger partial charge in [0.05, 0.1) is 12.7 Å². The van der Waals surface area contributed by atoms with Gasteiger partial charge in [-0.05, 0) is 55.7 Å². The van der Waals surface area contributed by atoms with E-state index < -0.39 is 0 Å². The van der Waals surface area contributed by atoms with Gasteiger partial charge in [0.15, 0.2) is 0 Å². The topological polar surface area (TPSA) is 33.0 Å². The van der Waals surface area contributed by atoms with Crippen molar-refractivity contribution in [2.45, 2.75) is 44.9 Å². The van der Waals surface area contributed by atoms with Crippen molar-refractivity contribution < 1.29 is 4.74 Å². The van der Waals surface area contributed by atoms with Crippen LogP contribution in [0.5, 0.6) is 5.75 Å². The van der Waals surface area contributed by atoms with Gasteiger partial charge in [-0.25, -0.2) is 0 Å². The van der Waals surface area contributed by atoms with Gasteiger partial charge in [0, 0.05) is 5.92 Å². The van der Waals surface area contributed by atoms with E-state index in [9.17, 15) is 0 Å². The molecule has 18 heavy (non-hydrogen) atoms. The molecule has 1 aromatic carbocycles. The predicted octanol–water partition coefficient (Wildman–Crippen LogP) is 4.27. The number of hydrogen-bond acceptors (Lipinski definition) is 2. The molecule has 0 saturated heterocycles. The Hall–Kier alpha value is -1.49. The number of hydrogen-bond donors (Lipinski definition) is 0. The summed E-state index contributed by atoms with van der Waals surface area (Å²) >= 11 is 0. The Kier molecular flexibility index (Phi) is 4.64. The molecule has 0 heterocycles. The van der Waals surface area contributed by atoms with E-state index in [0.717, 1.165) is 44.5 Å². The normalized spacial score (nSPS) is 23.3.